The van der Waals surface area contributed by atoms with Crippen molar-refractivity contribution in [2.24, 2.45) is 0 Å². The van der Waals surface area contributed by atoms with E-state index >= 15 is 0 Å². The summed E-state index contributed by atoms with van der Waals surface area (Å²) >= 11 is 1.71. The van der Waals surface area contributed by atoms with Crippen LogP contribution in [0.1, 0.15) is 28.4 Å². The van der Waals surface area contributed by atoms with Crippen LogP contribution in [0, 0.1) is 13.8 Å². The Labute approximate surface area is 106 Å². The van der Waals surface area contributed by atoms with Crippen LogP contribution in [-0.4, -0.2) is 4.98 Å². The predicted molar refractivity (Wildman–Crippen MR) is 74.5 cm³/mol. The van der Waals surface area contributed by atoms with Gasteiger partial charge in [0.25, 0.3) is 0 Å². The first-order valence-electron chi connectivity index (χ1n) is 5.61. The number of nitrogens with one attached hydrogen (secondary N) is 1. The summed E-state index contributed by atoms with van der Waals surface area (Å²) in [6, 6.07) is 6.22. The molecule has 0 saturated heterocycles. The SMILES string of the molecule is Cc1ccc(NC(C)c2ncc(C)s2)c(N)c1. The summed E-state index contributed by atoms with van der Waals surface area (Å²) in [5.41, 5.74) is 8.90. The highest BCUT2D eigenvalue weighted by atomic mass is 32.1. The third-order valence-electron chi connectivity index (χ3n) is 2.59. The Bertz CT molecular complexity index is 519. The number of nitrogens with zero attached hydrogens (tertiary/aromatic N) is 1. The molecule has 0 spiro atoms. The van der Waals surface area contributed by atoms with Crippen molar-refractivity contribution in [2.45, 2.75) is 26.8 Å². The molecule has 0 aliphatic rings. The van der Waals surface area contributed by atoms with Gasteiger partial charge in [0.05, 0.1) is 17.4 Å². The summed E-state index contributed by atoms with van der Waals surface area (Å²) in [7, 11) is 0. The summed E-state index contributed by atoms with van der Waals surface area (Å²) in [5, 5.41) is 4.48. The normalized spacial score (nSPS) is 12.4. The van der Waals surface area contributed by atoms with Crippen molar-refractivity contribution in [3.05, 3.63) is 39.8 Å². The van der Waals surface area contributed by atoms with Gasteiger partial charge in [0.15, 0.2) is 0 Å². The molecule has 17 heavy (non-hydrogen) atoms. The third kappa shape index (κ3) is 2.77. The monoisotopic (exact) mass is 247 g/mol. The van der Waals surface area contributed by atoms with Crippen molar-refractivity contribution in [1.29, 1.82) is 0 Å². The number of rotatable bonds is 3. The molecule has 1 atom stereocenters. The molecule has 1 heterocycles. The molecule has 0 aliphatic carbocycles. The summed E-state index contributed by atoms with van der Waals surface area (Å²) in [4.78, 5) is 5.60. The zero-order chi connectivity index (χ0) is 12.4. The van der Waals surface area contributed by atoms with Crippen LogP contribution < -0.4 is 11.1 Å². The molecule has 0 aliphatic heterocycles. The Kier molecular flexibility index (Phi) is 3.33. The van der Waals surface area contributed by atoms with Crippen LogP contribution in [0.15, 0.2) is 24.4 Å². The first kappa shape index (κ1) is 11.9. The van der Waals surface area contributed by atoms with E-state index in [4.69, 9.17) is 5.73 Å². The number of nitrogen functional groups attached to an aromatic ring is 1. The van der Waals surface area contributed by atoms with Gasteiger partial charge in [-0.3, -0.25) is 0 Å². The van der Waals surface area contributed by atoms with Gasteiger partial charge in [-0.2, -0.15) is 0 Å². The van der Waals surface area contributed by atoms with Crippen LogP contribution in [0.5, 0.6) is 0 Å². The van der Waals surface area contributed by atoms with Crippen LogP contribution in [0.3, 0.4) is 0 Å². The lowest BCUT2D eigenvalue weighted by Gasteiger charge is -2.15. The van der Waals surface area contributed by atoms with Gasteiger partial charge in [-0.25, -0.2) is 4.98 Å². The number of hydrogen-bond donors (Lipinski definition) is 2. The number of aromatic nitrogens is 1. The Hall–Kier alpha value is -1.55. The Morgan fingerprint density at radius 3 is 2.71 bits per heavy atom. The van der Waals surface area contributed by atoms with Crippen LogP contribution in [-0.2, 0) is 0 Å². The predicted octanol–water partition coefficient (Wildman–Crippen LogP) is 3.52. The smallest absolute Gasteiger partial charge is 0.115 e. The number of benzene rings is 1. The van der Waals surface area contributed by atoms with Crippen LogP contribution >= 0.6 is 11.3 Å². The molecule has 3 nitrogen and oxygen atoms in total. The van der Waals surface area contributed by atoms with E-state index in [2.05, 4.69) is 30.2 Å². The van der Waals surface area contributed by atoms with Gasteiger partial charge in [-0.1, -0.05) is 6.07 Å². The molecular weight excluding hydrogens is 230 g/mol. The maximum Gasteiger partial charge on any atom is 0.115 e. The van der Waals surface area contributed by atoms with Crippen molar-refractivity contribution in [3.8, 4) is 0 Å². The van der Waals surface area contributed by atoms with Gasteiger partial charge < -0.3 is 11.1 Å². The second kappa shape index (κ2) is 4.75. The van der Waals surface area contributed by atoms with Crippen LogP contribution in [0.25, 0.3) is 0 Å². The molecule has 3 N–H and O–H groups in total. The van der Waals surface area contributed by atoms with Crippen LogP contribution in [0.4, 0.5) is 11.4 Å². The van der Waals surface area contributed by atoms with Gasteiger partial charge in [0, 0.05) is 11.1 Å². The molecule has 2 aromatic rings. The minimum absolute atomic E-state index is 0.179. The molecule has 1 unspecified atom stereocenters. The second-order valence-electron chi connectivity index (χ2n) is 4.27. The first-order chi connectivity index (χ1) is 8.06. The van der Waals surface area contributed by atoms with Gasteiger partial charge >= 0.3 is 0 Å². The van der Waals surface area contributed by atoms with E-state index in [1.54, 1.807) is 11.3 Å². The molecule has 0 radical (unpaired) electrons. The fraction of sp³-hybridized carbons (Fsp3) is 0.308. The molecule has 1 aromatic carbocycles. The fourth-order valence-corrected chi connectivity index (χ4v) is 2.46. The van der Waals surface area contributed by atoms with E-state index in [0.29, 0.717) is 0 Å². The molecule has 4 heteroatoms. The number of hydrogen-bond acceptors (Lipinski definition) is 4. The lowest BCUT2D eigenvalue weighted by Crippen LogP contribution is -2.08. The maximum atomic E-state index is 5.97. The molecule has 1 aromatic heterocycles. The van der Waals surface area contributed by atoms with Crippen molar-refractivity contribution in [2.75, 3.05) is 11.1 Å². The molecule has 2 rings (SSSR count). The molecule has 90 valence electrons. The topological polar surface area (TPSA) is 50.9 Å². The standard InChI is InChI=1S/C13H17N3S/c1-8-4-5-12(11(14)6-8)16-10(3)13-15-7-9(2)17-13/h4-7,10,16H,14H2,1-3H3. The Balaban J connectivity index is 2.15. The van der Waals surface area contributed by atoms with Crippen molar-refractivity contribution in [1.82, 2.24) is 4.98 Å². The zero-order valence-corrected chi connectivity index (χ0v) is 11.1. The zero-order valence-electron chi connectivity index (χ0n) is 10.3. The fourth-order valence-electron chi connectivity index (χ4n) is 1.68. The van der Waals surface area contributed by atoms with Gasteiger partial charge in [0.2, 0.25) is 0 Å². The van der Waals surface area contributed by atoms with Gasteiger partial charge in [-0.05, 0) is 38.5 Å². The first-order valence-corrected chi connectivity index (χ1v) is 6.43. The van der Waals surface area contributed by atoms with E-state index in [0.717, 1.165) is 16.4 Å². The average Bonchev–Trinajstić information content (AvgIpc) is 2.69. The maximum absolute atomic E-state index is 5.97. The van der Waals surface area contributed by atoms with Crippen molar-refractivity contribution in [3.63, 3.8) is 0 Å². The van der Waals surface area contributed by atoms with Crippen LogP contribution in [0.2, 0.25) is 0 Å². The molecule has 0 amide bonds. The molecule has 0 fully saturated rings. The lowest BCUT2D eigenvalue weighted by molar-refractivity contribution is 0.870. The average molecular weight is 247 g/mol. The van der Waals surface area contributed by atoms with Gasteiger partial charge in [0.1, 0.15) is 5.01 Å². The third-order valence-corrected chi connectivity index (χ3v) is 3.68. The molecule has 0 saturated carbocycles. The summed E-state index contributed by atoms with van der Waals surface area (Å²) < 4.78 is 0. The number of anilines is 2. The Morgan fingerprint density at radius 2 is 2.12 bits per heavy atom. The van der Waals surface area contributed by atoms with E-state index in [1.807, 2.05) is 25.3 Å². The van der Waals surface area contributed by atoms with E-state index in [1.165, 1.54) is 10.4 Å². The van der Waals surface area contributed by atoms with Crippen molar-refractivity contribution >= 4 is 22.7 Å². The number of aryl methyl sites for hydroxylation is 2. The van der Waals surface area contributed by atoms with Crippen molar-refractivity contribution < 1.29 is 0 Å². The van der Waals surface area contributed by atoms with E-state index in [-0.39, 0.29) is 6.04 Å². The molecular formula is C13H17N3S. The number of nitrogens with two attached hydrogens (primary N) is 1. The van der Waals surface area contributed by atoms with E-state index in [9.17, 15) is 0 Å². The highest BCUT2D eigenvalue weighted by Crippen LogP contribution is 2.26. The largest absolute Gasteiger partial charge is 0.397 e. The number of thiazole rings is 1. The quantitative estimate of drug-likeness (QED) is 0.816. The minimum Gasteiger partial charge on any atom is -0.397 e. The minimum atomic E-state index is 0.179. The highest BCUT2D eigenvalue weighted by molar-refractivity contribution is 7.11. The Morgan fingerprint density at radius 1 is 1.35 bits per heavy atom. The summed E-state index contributed by atoms with van der Waals surface area (Å²) in [6.07, 6.45) is 1.90. The van der Waals surface area contributed by atoms with Gasteiger partial charge in [-0.15, -0.1) is 11.3 Å². The molecule has 0 bridgehead atoms. The second-order valence-corrected chi connectivity index (χ2v) is 5.53. The highest BCUT2D eigenvalue weighted by Gasteiger charge is 2.10. The van der Waals surface area contributed by atoms with E-state index < -0.39 is 0 Å². The summed E-state index contributed by atoms with van der Waals surface area (Å²) in [6.45, 7) is 6.19. The lowest BCUT2D eigenvalue weighted by atomic mass is 10.2. The summed E-state index contributed by atoms with van der Waals surface area (Å²) in [5.74, 6) is 0.